The number of rotatable bonds is 10. The van der Waals surface area contributed by atoms with Crippen LogP contribution in [0.15, 0.2) is 30.3 Å². The molecular formula is C19H30NO3+. The van der Waals surface area contributed by atoms with Crippen molar-refractivity contribution in [3.63, 3.8) is 0 Å². The molecule has 0 unspecified atom stereocenters. The van der Waals surface area contributed by atoms with Gasteiger partial charge < -0.3 is 14.0 Å². The van der Waals surface area contributed by atoms with Crippen molar-refractivity contribution >= 4 is 12.0 Å². The van der Waals surface area contributed by atoms with Crippen molar-refractivity contribution < 1.29 is 18.8 Å². The Morgan fingerprint density at radius 2 is 1.70 bits per heavy atom. The first kappa shape index (κ1) is 19.2. The zero-order valence-corrected chi connectivity index (χ0v) is 14.9. The van der Waals surface area contributed by atoms with Gasteiger partial charge in [-0.25, -0.2) is 4.79 Å². The lowest BCUT2D eigenvalue weighted by molar-refractivity contribution is -0.870. The second kappa shape index (κ2) is 10.1. The van der Waals surface area contributed by atoms with Gasteiger partial charge in [-0.3, -0.25) is 0 Å². The number of quaternary nitrogens is 1. The van der Waals surface area contributed by atoms with Gasteiger partial charge in [0.05, 0.1) is 41.4 Å². The predicted molar refractivity (Wildman–Crippen MR) is 94.4 cm³/mol. The fraction of sp³-hybridized carbons (Fsp3) is 0.526. The maximum absolute atomic E-state index is 11.0. The van der Waals surface area contributed by atoms with Crippen LogP contribution in [0.3, 0.4) is 0 Å². The van der Waals surface area contributed by atoms with E-state index >= 15 is 0 Å². The Hall–Kier alpha value is -1.81. The lowest BCUT2D eigenvalue weighted by Gasteiger charge is -2.23. The van der Waals surface area contributed by atoms with E-state index in [9.17, 15) is 4.79 Å². The summed E-state index contributed by atoms with van der Waals surface area (Å²) in [5, 5.41) is 0. The molecule has 0 fully saturated rings. The molecule has 1 aromatic carbocycles. The Morgan fingerprint density at radius 3 is 2.30 bits per heavy atom. The fourth-order valence-electron chi connectivity index (χ4n) is 2.14. The molecular weight excluding hydrogens is 290 g/mol. The van der Waals surface area contributed by atoms with Crippen molar-refractivity contribution in [3.8, 4) is 5.75 Å². The molecule has 4 nitrogen and oxygen atoms in total. The summed E-state index contributed by atoms with van der Waals surface area (Å²) in [6, 6.07) is 7.70. The number of ether oxygens (including phenoxy) is 2. The predicted octanol–water partition coefficient (Wildman–Crippen LogP) is 3.52. The molecule has 0 aromatic heterocycles. The minimum Gasteiger partial charge on any atom is -0.494 e. The molecule has 0 saturated heterocycles. The molecule has 4 heteroatoms. The number of benzene rings is 1. The Kier molecular flexibility index (Phi) is 8.41. The number of methoxy groups -OCH3 is 1. The molecule has 0 heterocycles. The quantitative estimate of drug-likeness (QED) is 0.286. The van der Waals surface area contributed by atoms with Crippen molar-refractivity contribution in [2.45, 2.75) is 25.7 Å². The van der Waals surface area contributed by atoms with Gasteiger partial charge in [-0.1, -0.05) is 12.1 Å². The van der Waals surface area contributed by atoms with E-state index in [4.69, 9.17) is 4.74 Å². The van der Waals surface area contributed by atoms with Crippen LogP contribution in [0, 0.1) is 0 Å². The molecule has 0 atom stereocenters. The third-order valence-corrected chi connectivity index (χ3v) is 3.49. The summed E-state index contributed by atoms with van der Waals surface area (Å²) >= 11 is 0. The largest absolute Gasteiger partial charge is 0.494 e. The average molecular weight is 320 g/mol. The molecule has 1 aromatic rings. The lowest BCUT2D eigenvalue weighted by Crippen LogP contribution is -2.35. The van der Waals surface area contributed by atoms with Crippen LogP contribution in [0.1, 0.15) is 31.2 Å². The summed E-state index contributed by atoms with van der Waals surface area (Å²) in [7, 11) is 8.05. The standard InChI is InChI=1S/C19H30NO3/c1-20(2,3)15-7-5-6-8-16-23-18-12-9-17(10-13-18)11-14-19(21)22-4/h9-14H,5-8,15-16H2,1-4H3/q+1/b14-11+. The van der Waals surface area contributed by atoms with E-state index in [0.717, 1.165) is 28.8 Å². The number of hydrogen-bond donors (Lipinski definition) is 0. The van der Waals surface area contributed by atoms with Crippen LogP contribution in [-0.2, 0) is 9.53 Å². The maximum Gasteiger partial charge on any atom is 0.330 e. The SMILES string of the molecule is COC(=O)/C=C/c1ccc(OCCCCCC[N+](C)(C)C)cc1. The second-order valence-electron chi connectivity index (χ2n) is 6.70. The number of hydrogen-bond acceptors (Lipinski definition) is 3. The third kappa shape index (κ3) is 9.74. The Labute approximate surface area is 140 Å². The molecule has 0 aliphatic carbocycles. The summed E-state index contributed by atoms with van der Waals surface area (Å²) in [6.07, 6.45) is 7.96. The first-order chi connectivity index (χ1) is 10.9. The molecule has 0 aliphatic heterocycles. The Balaban J connectivity index is 2.18. The van der Waals surface area contributed by atoms with E-state index < -0.39 is 0 Å². The molecule has 0 aliphatic rings. The molecule has 0 saturated carbocycles. The van der Waals surface area contributed by atoms with Crippen molar-refractivity contribution in [1.29, 1.82) is 0 Å². The van der Waals surface area contributed by atoms with Gasteiger partial charge in [0.1, 0.15) is 5.75 Å². The van der Waals surface area contributed by atoms with E-state index in [1.807, 2.05) is 24.3 Å². The highest BCUT2D eigenvalue weighted by Crippen LogP contribution is 2.14. The first-order valence-corrected chi connectivity index (χ1v) is 8.20. The van der Waals surface area contributed by atoms with Gasteiger partial charge in [0.15, 0.2) is 0 Å². The minimum absolute atomic E-state index is 0.351. The normalized spacial score (nSPS) is 11.7. The van der Waals surface area contributed by atoms with Gasteiger partial charge in [0, 0.05) is 6.08 Å². The monoisotopic (exact) mass is 320 g/mol. The van der Waals surface area contributed by atoms with Crippen LogP contribution in [-0.4, -0.2) is 51.9 Å². The number of nitrogens with zero attached hydrogens (tertiary/aromatic N) is 1. The van der Waals surface area contributed by atoms with Crippen LogP contribution >= 0.6 is 0 Å². The van der Waals surface area contributed by atoms with Gasteiger partial charge >= 0.3 is 5.97 Å². The van der Waals surface area contributed by atoms with E-state index in [0.29, 0.717) is 0 Å². The van der Waals surface area contributed by atoms with Gasteiger partial charge in [-0.2, -0.15) is 0 Å². The van der Waals surface area contributed by atoms with Crippen LogP contribution in [0.5, 0.6) is 5.75 Å². The third-order valence-electron chi connectivity index (χ3n) is 3.49. The molecule has 0 bridgehead atoms. The molecule has 128 valence electrons. The van der Waals surface area contributed by atoms with Gasteiger partial charge in [-0.15, -0.1) is 0 Å². The summed E-state index contributed by atoms with van der Waals surface area (Å²) < 4.78 is 11.3. The summed E-state index contributed by atoms with van der Waals surface area (Å²) in [6.45, 7) is 1.98. The zero-order valence-electron chi connectivity index (χ0n) is 14.9. The zero-order chi connectivity index (χ0) is 17.1. The van der Waals surface area contributed by atoms with E-state index in [2.05, 4.69) is 25.9 Å². The average Bonchev–Trinajstić information content (AvgIpc) is 2.51. The minimum atomic E-state index is -0.351. The molecule has 23 heavy (non-hydrogen) atoms. The first-order valence-electron chi connectivity index (χ1n) is 8.20. The highest BCUT2D eigenvalue weighted by molar-refractivity contribution is 5.86. The highest BCUT2D eigenvalue weighted by Gasteiger charge is 2.05. The molecule has 1 rings (SSSR count). The molecule has 0 radical (unpaired) electrons. The van der Waals surface area contributed by atoms with Crippen molar-refractivity contribution in [1.82, 2.24) is 0 Å². The summed E-state index contributed by atoms with van der Waals surface area (Å²) in [5.41, 5.74) is 0.947. The number of esters is 1. The van der Waals surface area contributed by atoms with E-state index in [-0.39, 0.29) is 5.97 Å². The topological polar surface area (TPSA) is 35.5 Å². The van der Waals surface area contributed by atoms with E-state index in [1.54, 1.807) is 6.08 Å². The maximum atomic E-state index is 11.0. The molecule has 0 amide bonds. The fourth-order valence-corrected chi connectivity index (χ4v) is 2.14. The molecule has 0 N–H and O–H groups in total. The molecule has 0 spiro atoms. The number of unbranched alkanes of at least 4 members (excludes halogenated alkanes) is 3. The highest BCUT2D eigenvalue weighted by atomic mass is 16.5. The Bertz CT molecular complexity index is 486. The van der Waals surface area contributed by atoms with Crippen LogP contribution < -0.4 is 4.74 Å². The van der Waals surface area contributed by atoms with Crippen molar-refractivity contribution in [2.75, 3.05) is 41.4 Å². The number of carbonyl (C=O) groups excluding carboxylic acids is 1. The Morgan fingerprint density at radius 1 is 1.04 bits per heavy atom. The van der Waals surface area contributed by atoms with Gasteiger partial charge in [0.2, 0.25) is 0 Å². The van der Waals surface area contributed by atoms with E-state index in [1.165, 1.54) is 39.0 Å². The van der Waals surface area contributed by atoms with Gasteiger partial charge in [-0.05, 0) is 49.5 Å². The smallest absolute Gasteiger partial charge is 0.330 e. The summed E-state index contributed by atoms with van der Waals surface area (Å²) in [4.78, 5) is 11.0. The van der Waals surface area contributed by atoms with Crippen LogP contribution in [0.25, 0.3) is 6.08 Å². The van der Waals surface area contributed by atoms with Crippen LogP contribution in [0.2, 0.25) is 0 Å². The number of carbonyl (C=O) groups is 1. The lowest BCUT2D eigenvalue weighted by atomic mass is 10.2. The van der Waals surface area contributed by atoms with Crippen molar-refractivity contribution in [3.05, 3.63) is 35.9 Å². The second-order valence-corrected chi connectivity index (χ2v) is 6.70. The van der Waals surface area contributed by atoms with Crippen LogP contribution in [0.4, 0.5) is 0 Å². The van der Waals surface area contributed by atoms with Crippen molar-refractivity contribution in [2.24, 2.45) is 0 Å². The van der Waals surface area contributed by atoms with Gasteiger partial charge in [0.25, 0.3) is 0 Å². The summed E-state index contributed by atoms with van der Waals surface area (Å²) in [5.74, 6) is 0.516.